The zero-order chi connectivity index (χ0) is 22.1. The lowest BCUT2D eigenvalue weighted by molar-refractivity contribution is 0.102. The van der Waals surface area contributed by atoms with Gasteiger partial charge in [-0.05, 0) is 25.5 Å². The van der Waals surface area contributed by atoms with Crippen molar-refractivity contribution in [2.75, 3.05) is 35.6 Å². The third-order valence-electron chi connectivity index (χ3n) is 5.21. The second-order valence-corrected chi connectivity index (χ2v) is 8.45. The molecule has 1 aliphatic rings. The second kappa shape index (κ2) is 8.60. The fraction of sp³-hybridized carbons (Fsp3) is 0.350. The molecule has 31 heavy (non-hydrogen) atoms. The average molecular weight is 448 g/mol. The smallest absolute Gasteiger partial charge is 0.277 e. The first-order chi connectivity index (χ1) is 14.8. The normalized spacial score (nSPS) is 16.9. The molecule has 4 N–H and O–H groups in total. The van der Waals surface area contributed by atoms with Crippen LogP contribution in [0.15, 0.2) is 24.4 Å². The van der Waals surface area contributed by atoms with E-state index in [0.29, 0.717) is 11.7 Å². The number of carbonyl (C=O) groups excluding carboxylic acids is 1. The van der Waals surface area contributed by atoms with Gasteiger partial charge in [0, 0.05) is 32.7 Å². The van der Waals surface area contributed by atoms with Gasteiger partial charge in [-0.2, -0.15) is 5.10 Å². The predicted octanol–water partition coefficient (Wildman–Crippen LogP) is 2.84. The summed E-state index contributed by atoms with van der Waals surface area (Å²) in [5, 5.41) is 10.6. The standard InChI is InChI=1S/C20H23F2N7OS/c1-11-6-8-29(9-7-24-11)20-14(10-25-28(20)2)26-18(30)16-17(23)31-19(27-16)15-12(21)4-3-5-13(15)22/h3-5,10-11,24H,6-9,23H2,1-2H3,(H,26,30). The molecule has 3 aromatic rings. The molecule has 1 saturated heterocycles. The molecule has 0 radical (unpaired) electrons. The van der Waals surface area contributed by atoms with Gasteiger partial charge < -0.3 is 21.3 Å². The predicted molar refractivity (Wildman–Crippen MR) is 117 cm³/mol. The Morgan fingerprint density at radius 2 is 2.06 bits per heavy atom. The van der Waals surface area contributed by atoms with E-state index in [1.807, 2.05) is 7.05 Å². The van der Waals surface area contributed by atoms with E-state index >= 15 is 0 Å². The van der Waals surface area contributed by atoms with Gasteiger partial charge >= 0.3 is 0 Å². The first-order valence-corrected chi connectivity index (χ1v) is 10.7. The molecule has 0 bridgehead atoms. The van der Waals surface area contributed by atoms with Crippen molar-refractivity contribution in [3.05, 3.63) is 41.7 Å². The number of anilines is 3. The van der Waals surface area contributed by atoms with Crippen LogP contribution < -0.4 is 21.3 Å². The molecule has 4 rings (SSSR count). The molecular weight excluding hydrogens is 424 g/mol. The van der Waals surface area contributed by atoms with Crippen molar-refractivity contribution in [2.45, 2.75) is 19.4 Å². The molecule has 1 fully saturated rings. The first-order valence-electron chi connectivity index (χ1n) is 9.87. The van der Waals surface area contributed by atoms with Crippen molar-refractivity contribution in [2.24, 2.45) is 7.05 Å². The Bertz CT molecular complexity index is 1090. The minimum absolute atomic E-state index is 0.0113. The molecule has 1 unspecified atom stereocenters. The summed E-state index contributed by atoms with van der Waals surface area (Å²) in [6, 6.07) is 3.94. The number of nitrogen functional groups attached to an aromatic ring is 1. The Balaban J connectivity index is 1.60. The van der Waals surface area contributed by atoms with Crippen molar-refractivity contribution < 1.29 is 13.6 Å². The summed E-state index contributed by atoms with van der Waals surface area (Å²) in [7, 11) is 1.81. The number of benzene rings is 1. The summed E-state index contributed by atoms with van der Waals surface area (Å²) in [6.07, 6.45) is 2.52. The Kier molecular flexibility index (Phi) is 5.88. The highest BCUT2D eigenvalue weighted by Crippen LogP contribution is 2.34. The largest absolute Gasteiger partial charge is 0.389 e. The fourth-order valence-electron chi connectivity index (χ4n) is 3.60. The zero-order valence-corrected chi connectivity index (χ0v) is 18.0. The third-order valence-corrected chi connectivity index (χ3v) is 6.11. The van der Waals surface area contributed by atoms with E-state index in [4.69, 9.17) is 5.73 Å². The van der Waals surface area contributed by atoms with Crippen LogP contribution in [0.5, 0.6) is 0 Å². The number of halogens is 2. The highest BCUT2D eigenvalue weighted by atomic mass is 32.1. The molecule has 0 spiro atoms. The summed E-state index contributed by atoms with van der Waals surface area (Å²) in [6.45, 7) is 4.53. The Morgan fingerprint density at radius 3 is 2.81 bits per heavy atom. The summed E-state index contributed by atoms with van der Waals surface area (Å²) < 4.78 is 29.9. The van der Waals surface area contributed by atoms with E-state index in [0.717, 1.165) is 55.3 Å². The van der Waals surface area contributed by atoms with Crippen molar-refractivity contribution in [1.29, 1.82) is 0 Å². The maximum Gasteiger partial charge on any atom is 0.277 e. The number of rotatable bonds is 4. The molecule has 0 aliphatic carbocycles. The first kappa shape index (κ1) is 21.2. The summed E-state index contributed by atoms with van der Waals surface area (Å²) >= 11 is 0.861. The number of nitrogens with one attached hydrogen (secondary N) is 2. The van der Waals surface area contributed by atoms with Gasteiger partial charge in [-0.25, -0.2) is 13.8 Å². The van der Waals surface area contributed by atoms with Gasteiger partial charge in [0.25, 0.3) is 5.91 Å². The Hall–Kier alpha value is -3.05. The van der Waals surface area contributed by atoms with Crippen LogP contribution >= 0.6 is 11.3 Å². The molecular formula is C20H23F2N7OS. The number of hydrogen-bond donors (Lipinski definition) is 3. The lowest BCUT2D eigenvalue weighted by atomic mass is 10.2. The van der Waals surface area contributed by atoms with Gasteiger partial charge in [0.1, 0.15) is 27.3 Å². The summed E-state index contributed by atoms with van der Waals surface area (Å²) in [4.78, 5) is 19.2. The minimum Gasteiger partial charge on any atom is -0.389 e. The fourth-order valence-corrected chi connectivity index (χ4v) is 4.48. The number of amides is 1. The van der Waals surface area contributed by atoms with Gasteiger partial charge in [0.15, 0.2) is 11.5 Å². The van der Waals surface area contributed by atoms with E-state index in [1.165, 1.54) is 6.07 Å². The maximum atomic E-state index is 14.1. The molecule has 3 heterocycles. The number of carbonyl (C=O) groups is 1. The second-order valence-electron chi connectivity index (χ2n) is 7.42. The van der Waals surface area contributed by atoms with E-state index in [1.54, 1.807) is 10.9 Å². The SMILES string of the molecule is CC1CCN(c2c(NC(=O)c3nc(-c4c(F)cccc4F)sc3N)cnn2C)CCN1. The van der Waals surface area contributed by atoms with Crippen LogP contribution in [0.1, 0.15) is 23.8 Å². The van der Waals surface area contributed by atoms with Crippen molar-refractivity contribution >= 4 is 33.8 Å². The molecule has 1 amide bonds. The molecule has 0 saturated carbocycles. The highest BCUT2D eigenvalue weighted by Gasteiger charge is 2.25. The van der Waals surface area contributed by atoms with Crippen LogP contribution in [0, 0.1) is 11.6 Å². The van der Waals surface area contributed by atoms with Crippen molar-refractivity contribution in [3.63, 3.8) is 0 Å². The van der Waals surface area contributed by atoms with Crippen molar-refractivity contribution in [1.82, 2.24) is 20.1 Å². The average Bonchev–Trinajstić information content (AvgIpc) is 3.19. The summed E-state index contributed by atoms with van der Waals surface area (Å²) in [5.74, 6) is -1.32. The van der Waals surface area contributed by atoms with Gasteiger partial charge in [-0.3, -0.25) is 9.48 Å². The number of nitrogens with two attached hydrogens (primary N) is 1. The van der Waals surface area contributed by atoms with Crippen LogP contribution in [0.2, 0.25) is 0 Å². The third kappa shape index (κ3) is 4.23. The summed E-state index contributed by atoms with van der Waals surface area (Å²) in [5.41, 5.74) is 6.11. The molecule has 1 aromatic carbocycles. The van der Waals surface area contributed by atoms with Gasteiger partial charge in [0.2, 0.25) is 0 Å². The number of nitrogens with zero attached hydrogens (tertiary/aromatic N) is 4. The lowest BCUT2D eigenvalue weighted by Gasteiger charge is -2.23. The number of aryl methyl sites for hydroxylation is 1. The number of thiazole rings is 1. The van der Waals surface area contributed by atoms with Crippen LogP contribution in [0.4, 0.5) is 25.3 Å². The van der Waals surface area contributed by atoms with E-state index in [9.17, 15) is 13.6 Å². The van der Waals surface area contributed by atoms with Crippen LogP contribution in [-0.4, -0.2) is 46.3 Å². The Morgan fingerprint density at radius 1 is 1.32 bits per heavy atom. The number of hydrogen-bond acceptors (Lipinski definition) is 7. The van der Waals surface area contributed by atoms with Crippen LogP contribution in [0.25, 0.3) is 10.6 Å². The Labute approximate surface area is 182 Å². The molecule has 164 valence electrons. The topological polar surface area (TPSA) is 101 Å². The zero-order valence-electron chi connectivity index (χ0n) is 17.2. The number of aromatic nitrogens is 3. The lowest BCUT2D eigenvalue weighted by Crippen LogP contribution is -2.31. The molecule has 11 heteroatoms. The minimum atomic E-state index is -0.765. The van der Waals surface area contributed by atoms with Gasteiger partial charge in [-0.15, -0.1) is 0 Å². The van der Waals surface area contributed by atoms with Gasteiger partial charge in [-0.1, -0.05) is 17.4 Å². The van der Waals surface area contributed by atoms with Gasteiger partial charge in [0.05, 0.1) is 11.8 Å². The quantitative estimate of drug-likeness (QED) is 0.569. The monoisotopic (exact) mass is 447 g/mol. The van der Waals surface area contributed by atoms with E-state index in [2.05, 4.69) is 32.5 Å². The van der Waals surface area contributed by atoms with E-state index in [-0.39, 0.29) is 21.3 Å². The molecule has 2 aromatic heterocycles. The molecule has 1 atom stereocenters. The highest BCUT2D eigenvalue weighted by molar-refractivity contribution is 7.19. The van der Waals surface area contributed by atoms with E-state index < -0.39 is 17.5 Å². The molecule has 8 nitrogen and oxygen atoms in total. The van der Waals surface area contributed by atoms with Crippen LogP contribution in [-0.2, 0) is 7.05 Å². The molecule has 1 aliphatic heterocycles. The van der Waals surface area contributed by atoms with Crippen LogP contribution in [0.3, 0.4) is 0 Å². The maximum absolute atomic E-state index is 14.1. The van der Waals surface area contributed by atoms with Crippen molar-refractivity contribution in [3.8, 4) is 10.6 Å².